The van der Waals surface area contributed by atoms with Crippen molar-refractivity contribution in [3.05, 3.63) is 12.2 Å². The van der Waals surface area contributed by atoms with Crippen LogP contribution in [0.25, 0.3) is 0 Å². The summed E-state index contributed by atoms with van der Waals surface area (Å²) in [5.74, 6) is 1.98. The molecular formula is C14H26. The predicted octanol–water partition coefficient (Wildman–Crippen LogP) is 4.81. The SMILES string of the molecule is CCCCC=CC(C)(C)C1CC1CC. The van der Waals surface area contributed by atoms with Gasteiger partial charge in [-0.05, 0) is 30.1 Å². The van der Waals surface area contributed by atoms with Crippen molar-refractivity contribution in [1.82, 2.24) is 0 Å². The van der Waals surface area contributed by atoms with E-state index in [1.54, 1.807) is 0 Å². The first-order chi connectivity index (χ1) is 6.61. The molecule has 1 saturated carbocycles. The molecule has 0 heterocycles. The Morgan fingerprint density at radius 3 is 2.50 bits per heavy atom. The number of hydrogen-bond acceptors (Lipinski definition) is 0. The molecule has 0 spiro atoms. The van der Waals surface area contributed by atoms with Crippen molar-refractivity contribution in [3.8, 4) is 0 Å². The lowest BCUT2D eigenvalue weighted by Gasteiger charge is -2.20. The zero-order valence-corrected chi connectivity index (χ0v) is 10.3. The molecular weight excluding hydrogens is 168 g/mol. The van der Waals surface area contributed by atoms with Crippen LogP contribution in [-0.4, -0.2) is 0 Å². The highest BCUT2D eigenvalue weighted by molar-refractivity contribution is 5.06. The monoisotopic (exact) mass is 194 g/mol. The van der Waals surface area contributed by atoms with E-state index in [-0.39, 0.29) is 0 Å². The smallest absolute Gasteiger partial charge is 0.0144 e. The molecule has 2 atom stereocenters. The third-order valence-corrected chi connectivity index (χ3v) is 3.67. The highest BCUT2D eigenvalue weighted by Crippen LogP contribution is 2.53. The summed E-state index contributed by atoms with van der Waals surface area (Å²) in [4.78, 5) is 0. The van der Waals surface area contributed by atoms with Crippen molar-refractivity contribution in [3.63, 3.8) is 0 Å². The van der Waals surface area contributed by atoms with Gasteiger partial charge in [0.1, 0.15) is 0 Å². The molecule has 0 aromatic heterocycles. The van der Waals surface area contributed by atoms with E-state index in [4.69, 9.17) is 0 Å². The summed E-state index contributed by atoms with van der Waals surface area (Å²) in [5.41, 5.74) is 0.453. The van der Waals surface area contributed by atoms with Crippen LogP contribution < -0.4 is 0 Å². The van der Waals surface area contributed by atoms with E-state index < -0.39 is 0 Å². The highest BCUT2D eigenvalue weighted by atomic mass is 14.5. The molecule has 2 unspecified atom stereocenters. The molecule has 0 amide bonds. The Kier molecular flexibility index (Phi) is 4.22. The van der Waals surface area contributed by atoms with Gasteiger partial charge in [-0.1, -0.05) is 59.1 Å². The van der Waals surface area contributed by atoms with Crippen LogP contribution in [0.3, 0.4) is 0 Å². The lowest BCUT2D eigenvalue weighted by molar-refractivity contribution is 0.380. The summed E-state index contributed by atoms with van der Waals surface area (Å²) in [6, 6.07) is 0. The standard InChI is InChI=1S/C14H26/c1-5-7-8-9-10-14(3,4)13-11-12(13)6-2/h9-10,12-13H,5-8,11H2,1-4H3. The van der Waals surface area contributed by atoms with Crippen LogP contribution in [0, 0.1) is 17.3 Å². The molecule has 0 radical (unpaired) electrons. The van der Waals surface area contributed by atoms with Crippen molar-refractivity contribution >= 4 is 0 Å². The van der Waals surface area contributed by atoms with Crippen LogP contribution in [0.2, 0.25) is 0 Å². The fourth-order valence-electron chi connectivity index (χ4n) is 2.44. The predicted molar refractivity (Wildman–Crippen MR) is 64.3 cm³/mol. The number of allylic oxidation sites excluding steroid dienone is 2. The molecule has 0 bridgehead atoms. The minimum absolute atomic E-state index is 0.453. The zero-order valence-electron chi connectivity index (χ0n) is 10.3. The van der Waals surface area contributed by atoms with Crippen LogP contribution in [0.15, 0.2) is 12.2 Å². The second-order valence-corrected chi connectivity index (χ2v) is 5.38. The normalized spacial score (nSPS) is 27.1. The van der Waals surface area contributed by atoms with Gasteiger partial charge in [-0.3, -0.25) is 0 Å². The van der Waals surface area contributed by atoms with E-state index in [1.165, 1.54) is 32.1 Å². The highest BCUT2D eigenvalue weighted by Gasteiger charge is 2.44. The van der Waals surface area contributed by atoms with Crippen molar-refractivity contribution in [2.75, 3.05) is 0 Å². The topological polar surface area (TPSA) is 0 Å². The Hall–Kier alpha value is -0.260. The maximum atomic E-state index is 2.46. The van der Waals surface area contributed by atoms with Crippen molar-refractivity contribution in [1.29, 1.82) is 0 Å². The molecule has 1 fully saturated rings. The summed E-state index contributed by atoms with van der Waals surface area (Å²) in [6.45, 7) is 9.38. The maximum Gasteiger partial charge on any atom is -0.0144 e. The van der Waals surface area contributed by atoms with Crippen LogP contribution in [0.1, 0.15) is 59.8 Å². The van der Waals surface area contributed by atoms with Gasteiger partial charge in [-0.25, -0.2) is 0 Å². The minimum Gasteiger partial charge on any atom is -0.0880 e. The van der Waals surface area contributed by atoms with Crippen molar-refractivity contribution < 1.29 is 0 Å². The van der Waals surface area contributed by atoms with E-state index in [1.807, 2.05) is 0 Å². The molecule has 0 nitrogen and oxygen atoms in total. The Labute approximate surface area is 89.8 Å². The molecule has 1 aliphatic rings. The van der Waals surface area contributed by atoms with Gasteiger partial charge >= 0.3 is 0 Å². The molecule has 0 aromatic rings. The average Bonchev–Trinajstić information content (AvgIpc) is 2.92. The third-order valence-electron chi connectivity index (χ3n) is 3.67. The lowest BCUT2D eigenvalue weighted by Crippen LogP contribution is -2.11. The van der Waals surface area contributed by atoms with Crippen LogP contribution in [0.5, 0.6) is 0 Å². The molecule has 0 N–H and O–H groups in total. The van der Waals surface area contributed by atoms with Gasteiger partial charge in [0.2, 0.25) is 0 Å². The second kappa shape index (κ2) is 5.00. The Balaban J connectivity index is 2.31. The van der Waals surface area contributed by atoms with Gasteiger partial charge < -0.3 is 0 Å². The van der Waals surface area contributed by atoms with E-state index in [9.17, 15) is 0 Å². The van der Waals surface area contributed by atoms with Crippen molar-refractivity contribution in [2.45, 2.75) is 59.8 Å². The molecule has 82 valence electrons. The first kappa shape index (κ1) is 11.8. The second-order valence-electron chi connectivity index (χ2n) is 5.38. The first-order valence-electron chi connectivity index (χ1n) is 6.29. The molecule has 1 aliphatic carbocycles. The summed E-state index contributed by atoms with van der Waals surface area (Å²) in [5, 5.41) is 0. The van der Waals surface area contributed by atoms with Crippen molar-refractivity contribution in [2.24, 2.45) is 17.3 Å². The van der Waals surface area contributed by atoms with Gasteiger partial charge in [0.25, 0.3) is 0 Å². The van der Waals surface area contributed by atoms with Gasteiger partial charge in [0.05, 0.1) is 0 Å². The largest absolute Gasteiger partial charge is 0.0880 e. The van der Waals surface area contributed by atoms with Crippen LogP contribution in [0.4, 0.5) is 0 Å². The summed E-state index contributed by atoms with van der Waals surface area (Å²) in [6.07, 6.45) is 11.6. The lowest BCUT2D eigenvalue weighted by atomic mass is 9.85. The fraction of sp³-hybridized carbons (Fsp3) is 0.857. The fourth-order valence-corrected chi connectivity index (χ4v) is 2.44. The Bertz CT molecular complexity index is 188. The number of hydrogen-bond donors (Lipinski definition) is 0. The summed E-state index contributed by atoms with van der Waals surface area (Å²) in [7, 11) is 0. The number of unbranched alkanes of at least 4 members (excludes halogenated alkanes) is 2. The molecule has 0 aromatic carbocycles. The van der Waals surface area contributed by atoms with Crippen LogP contribution >= 0.6 is 0 Å². The van der Waals surface area contributed by atoms with E-state index in [0.29, 0.717) is 5.41 Å². The van der Waals surface area contributed by atoms with Gasteiger partial charge in [0, 0.05) is 0 Å². The van der Waals surface area contributed by atoms with Gasteiger partial charge in [0.15, 0.2) is 0 Å². The quantitative estimate of drug-likeness (QED) is 0.420. The number of rotatable bonds is 6. The van der Waals surface area contributed by atoms with E-state index in [2.05, 4.69) is 39.8 Å². The van der Waals surface area contributed by atoms with Crippen LogP contribution in [-0.2, 0) is 0 Å². The average molecular weight is 194 g/mol. The molecule has 0 aliphatic heterocycles. The first-order valence-corrected chi connectivity index (χ1v) is 6.29. The molecule has 0 saturated heterocycles. The van der Waals surface area contributed by atoms with Gasteiger partial charge in [-0.15, -0.1) is 0 Å². The summed E-state index contributed by atoms with van der Waals surface area (Å²) >= 11 is 0. The molecule has 1 rings (SSSR count). The minimum atomic E-state index is 0.453. The zero-order chi connectivity index (χ0) is 10.6. The third kappa shape index (κ3) is 3.15. The van der Waals surface area contributed by atoms with E-state index in [0.717, 1.165) is 11.8 Å². The Morgan fingerprint density at radius 2 is 2.00 bits per heavy atom. The Morgan fingerprint density at radius 1 is 1.29 bits per heavy atom. The van der Waals surface area contributed by atoms with Gasteiger partial charge in [-0.2, -0.15) is 0 Å². The molecule has 14 heavy (non-hydrogen) atoms. The maximum absolute atomic E-state index is 2.46. The van der Waals surface area contributed by atoms with E-state index >= 15 is 0 Å². The summed E-state index contributed by atoms with van der Waals surface area (Å²) < 4.78 is 0. The molecule has 0 heteroatoms.